The molecule has 0 amide bonds. The molecule has 2 rings (SSSR count). The first kappa shape index (κ1) is 9.52. The van der Waals surface area contributed by atoms with E-state index in [4.69, 9.17) is 10.0 Å². The van der Waals surface area contributed by atoms with E-state index in [0.717, 1.165) is 15.6 Å². The quantitative estimate of drug-likeness (QED) is 0.601. The second-order valence-corrected chi connectivity index (χ2v) is 4.11. The number of hydrogen-bond donors (Lipinski definition) is 3. The lowest BCUT2D eigenvalue weighted by Crippen LogP contribution is -2.29. The number of thiophene rings is 1. The van der Waals surface area contributed by atoms with E-state index in [1.165, 1.54) is 11.3 Å². The van der Waals surface area contributed by atoms with Crippen molar-refractivity contribution in [1.82, 2.24) is 0 Å². The molecule has 14 heavy (non-hydrogen) atoms. The van der Waals surface area contributed by atoms with Crippen molar-refractivity contribution in [3.63, 3.8) is 0 Å². The summed E-state index contributed by atoms with van der Waals surface area (Å²) >= 11 is 1.52. The van der Waals surface area contributed by atoms with Crippen LogP contribution in [0.1, 0.15) is 5.56 Å². The molecule has 0 saturated carbocycles. The van der Waals surface area contributed by atoms with Crippen molar-refractivity contribution >= 4 is 34.0 Å². The highest BCUT2D eigenvalue weighted by Gasteiger charge is 2.17. The zero-order valence-corrected chi connectivity index (χ0v) is 8.38. The number of rotatable bonds is 1. The second-order valence-electron chi connectivity index (χ2n) is 3.20. The van der Waals surface area contributed by atoms with E-state index in [1.54, 1.807) is 12.1 Å². The van der Waals surface area contributed by atoms with Crippen LogP contribution in [0.5, 0.6) is 5.75 Å². The average Bonchev–Trinajstić information content (AvgIpc) is 2.46. The fourth-order valence-electron chi connectivity index (χ4n) is 1.41. The van der Waals surface area contributed by atoms with Crippen molar-refractivity contribution in [3.8, 4) is 5.75 Å². The molecule has 0 fully saturated rings. The van der Waals surface area contributed by atoms with Crippen molar-refractivity contribution < 1.29 is 15.2 Å². The Balaban J connectivity index is 2.72. The molecule has 3 N–H and O–H groups in total. The predicted octanol–water partition coefficient (Wildman–Crippen LogP) is 0.595. The van der Waals surface area contributed by atoms with Gasteiger partial charge in [-0.3, -0.25) is 0 Å². The van der Waals surface area contributed by atoms with Crippen LogP contribution in [0, 0.1) is 6.92 Å². The van der Waals surface area contributed by atoms with E-state index in [1.807, 2.05) is 12.3 Å². The van der Waals surface area contributed by atoms with E-state index in [2.05, 4.69) is 0 Å². The summed E-state index contributed by atoms with van der Waals surface area (Å²) in [6, 6.07) is 3.17. The lowest BCUT2D eigenvalue weighted by atomic mass is 9.79. The van der Waals surface area contributed by atoms with Gasteiger partial charge in [0.15, 0.2) is 0 Å². The van der Waals surface area contributed by atoms with Gasteiger partial charge in [-0.2, -0.15) is 0 Å². The van der Waals surface area contributed by atoms with E-state index in [0.29, 0.717) is 0 Å². The zero-order chi connectivity index (χ0) is 10.3. The molecule has 0 aliphatic heterocycles. The first-order valence-corrected chi connectivity index (χ1v) is 5.04. The highest BCUT2D eigenvalue weighted by atomic mass is 32.1. The summed E-state index contributed by atoms with van der Waals surface area (Å²) in [5, 5.41) is 30.4. The molecule has 0 spiro atoms. The van der Waals surface area contributed by atoms with Gasteiger partial charge in [0, 0.05) is 10.2 Å². The summed E-state index contributed by atoms with van der Waals surface area (Å²) in [6.45, 7) is 1.95. The standard InChI is InChI=1S/C9H9BO3S/c1-5-4-14-9-3-7(10(12)13)8(11)2-6(5)9/h2-4,11-13H,1H3. The van der Waals surface area contributed by atoms with Gasteiger partial charge in [0.1, 0.15) is 5.75 Å². The van der Waals surface area contributed by atoms with Gasteiger partial charge in [-0.1, -0.05) is 0 Å². The van der Waals surface area contributed by atoms with Gasteiger partial charge in [-0.05, 0) is 35.4 Å². The fourth-order valence-corrected chi connectivity index (χ4v) is 2.38. The summed E-state index contributed by atoms with van der Waals surface area (Å²) in [4.78, 5) is 0. The summed E-state index contributed by atoms with van der Waals surface area (Å²) in [7, 11) is -1.62. The van der Waals surface area contributed by atoms with Gasteiger partial charge in [0.2, 0.25) is 0 Å². The Morgan fingerprint density at radius 1 is 1.29 bits per heavy atom. The lowest BCUT2D eigenvalue weighted by molar-refractivity contribution is 0.420. The number of benzene rings is 1. The van der Waals surface area contributed by atoms with Crippen LogP contribution in [0.4, 0.5) is 0 Å². The minimum Gasteiger partial charge on any atom is -0.508 e. The maximum atomic E-state index is 9.51. The molecule has 1 heterocycles. The van der Waals surface area contributed by atoms with Gasteiger partial charge < -0.3 is 15.2 Å². The van der Waals surface area contributed by atoms with Crippen molar-refractivity contribution in [3.05, 3.63) is 23.1 Å². The molecule has 0 aliphatic carbocycles. The molecule has 1 aromatic heterocycles. The Labute approximate surface area is 85.4 Å². The SMILES string of the molecule is Cc1csc2cc(B(O)O)c(O)cc12. The van der Waals surface area contributed by atoms with Crippen LogP contribution >= 0.6 is 11.3 Å². The molecule has 0 atom stereocenters. The first-order chi connectivity index (χ1) is 6.59. The smallest absolute Gasteiger partial charge is 0.492 e. The maximum absolute atomic E-state index is 9.51. The monoisotopic (exact) mass is 208 g/mol. The van der Waals surface area contributed by atoms with E-state index in [9.17, 15) is 5.11 Å². The summed E-state index contributed by atoms with van der Waals surface area (Å²) in [5.74, 6) is -0.0750. The molecule has 3 nitrogen and oxygen atoms in total. The average molecular weight is 208 g/mol. The van der Waals surface area contributed by atoms with E-state index >= 15 is 0 Å². The molecule has 0 radical (unpaired) electrons. The van der Waals surface area contributed by atoms with Crippen molar-refractivity contribution in [2.45, 2.75) is 6.92 Å². The fraction of sp³-hybridized carbons (Fsp3) is 0.111. The Hall–Kier alpha value is -1.04. The maximum Gasteiger partial charge on any atom is 0.492 e. The van der Waals surface area contributed by atoms with Crippen LogP contribution in [0.15, 0.2) is 17.5 Å². The number of phenols is 1. The minimum absolute atomic E-state index is 0.0750. The molecule has 0 aliphatic rings. The Kier molecular flexibility index (Phi) is 2.22. The number of aryl methyl sites for hydroxylation is 1. The molecular formula is C9H9BO3S. The Morgan fingerprint density at radius 3 is 2.64 bits per heavy atom. The van der Waals surface area contributed by atoms with Gasteiger partial charge in [-0.15, -0.1) is 11.3 Å². The van der Waals surface area contributed by atoms with Gasteiger partial charge in [-0.25, -0.2) is 0 Å². The second kappa shape index (κ2) is 3.27. The third-order valence-corrected chi connectivity index (χ3v) is 3.26. The van der Waals surface area contributed by atoms with Crippen LogP contribution in [-0.4, -0.2) is 22.3 Å². The van der Waals surface area contributed by atoms with Crippen LogP contribution in [-0.2, 0) is 0 Å². The lowest BCUT2D eigenvalue weighted by Gasteiger charge is -2.03. The molecule has 1 aromatic carbocycles. The van der Waals surface area contributed by atoms with E-state index in [-0.39, 0.29) is 11.2 Å². The summed E-state index contributed by atoms with van der Waals surface area (Å²) in [6.07, 6.45) is 0. The Bertz CT molecular complexity index is 478. The van der Waals surface area contributed by atoms with Gasteiger partial charge in [0.25, 0.3) is 0 Å². The van der Waals surface area contributed by atoms with Gasteiger partial charge >= 0.3 is 7.12 Å². The third-order valence-electron chi connectivity index (χ3n) is 2.19. The zero-order valence-electron chi connectivity index (χ0n) is 7.56. The molecular weight excluding hydrogens is 199 g/mol. The number of aromatic hydroxyl groups is 1. The predicted molar refractivity (Wildman–Crippen MR) is 58.1 cm³/mol. The van der Waals surface area contributed by atoms with Crippen LogP contribution in [0.25, 0.3) is 10.1 Å². The van der Waals surface area contributed by atoms with Crippen molar-refractivity contribution in [2.75, 3.05) is 0 Å². The van der Waals surface area contributed by atoms with Crippen LogP contribution in [0.2, 0.25) is 0 Å². The number of phenolic OH excluding ortho intramolecular Hbond substituents is 1. The summed E-state index contributed by atoms with van der Waals surface area (Å²) < 4.78 is 0.948. The minimum atomic E-state index is -1.62. The van der Waals surface area contributed by atoms with E-state index < -0.39 is 7.12 Å². The number of fused-ring (bicyclic) bond motifs is 1. The number of hydrogen-bond acceptors (Lipinski definition) is 4. The largest absolute Gasteiger partial charge is 0.508 e. The first-order valence-electron chi connectivity index (χ1n) is 4.16. The third kappa shape index (κ3) is 1.39. The molecule has 5 heteroatoms. The molecule has 72 valence electrons. The van der Waals surface area contributed by atoms with Crippen LogP contribution in [0.3, 0.4) is 0 Å². The topological polar surface area (TPSA) is 60.7 Å². The van der Waals surface area contributed by atoms with Crippen molar-refractivity contribution in [2.24, 2.45) is 0 Å². The Morgan fingerprint density at radius 2 is 2.00 bits per heavy atom. The molecule has 0 saturated heterocycles. The molecule has 0 unspecified atom stereocenters. The van der Waals surface area contributed by atoms with Gasteiger partial charge in [0.05, 0.1) is 0 Å². The highest BCUT2D eigenvalue weighted by molar-refractivity contribution is 7.17. The molecule has 2 aromatic rings. The van der Waals surface area contributed by atoms with Crippen molar-refractivity contribution in [1.29, 1.82) is 0 Å². The summed E-state index contributed by atoms with van der Waals surface area (Å²) in [5.41, 5.74) is 1.23. The molecule has 0 bridgehead atoms. The highest BCUT2D eigenvalue weighted by Crippen LogP contribution is 2.27. The van der Waals surface area contributed by atoms with Crippen LogP contribution < -0.4 is 5.46 Å². The normalized spacial score (nSPS) is 10.8.